The fourth-order valence-corrected chi connectivity index (χ4v) is 3.87. The number of sulfonamides is 1. The van der Waals surface area contributed by atoms with Gasteiger partial charge in [0.25, 0.3) is 0 Å². The summed E-state index contributed by atoms with van der Waals surface area (Å²) in [5, 5.41) is 4.61. The Hall–Kier alpha value is -1.25. The van der Waals surface area contributed by atoms with E-state index in [1.807, 2.05) is 6.92 Å². The molecule has 0 radical (unpaired) electrons. The molecule has 0 saturated carbocycles. The molecule has 1 N–H and O–H groups in total. The lowest BCUT2D eigenvalue weighted by Crippen LogP contribution is -2.40. The second-order valence-corrected chi connectivity index (χ2v) is 7.77. The van der Waals surface area contributed by atoms with Crippen LogP contribution in [-0.4, -0.2) is 23.2 Å². The standard InChI is InChI=1S/C11H16N4O2S2/c1-8-5-12-10(18-8)11(2,3)14-19(16,17)9-6-13-15(4)7-9/h5-7,14H,1-4H3. The van der Waals surface area contributed by atoms with E-state index in [1.54, 1.807) is 27.1 Å². The van der Waals surface area contributed by atoms with Crippen molar-refractivity contribution in [3.05, 3.63) is 28.5 Å². The number of thiazole rings is 1. The first-order valence-corrected chi connectivity index (χ1v) is 7.96. The lowest BCUT2D eigenvalue weighted by Gasteiger charge is -2.23. The molecule has 0 spiro atoms. The molecule has 0 aliphatic rings. The minimum absolute atomic E-state index is 0.149. The van der Waals surface area contributed by atoms with Gasteiger partial charge < -0.3 is 0 Å². The van der Waals surface area contributed by atoms with Crippen molar-refractivity contribution in [2.24, 2.45) is 7.05 Å². The van der Waals surface area contributed by atoms with Gasteiger partial charge in [-0.25, -0.2) is 13.4 Å². The van der Waals surface area contributed by atoms with Gasteiger partial charge in [-0.1, -0.05) is 0 Å². The van der Waals surface area contributed by atoms with Crippen LogP contribution in [0, 0.1) is 6.92 Å². The number of aryl methyl sites for hydroxylation is 2. The van der Waals surface area contributed by atoms with Crippen LogP contribution >= 0.6 is 11.3 Å². The summed E-state index contributed by atoms with van der Waals surface area (Å²) >= 11 is 1.48. The van der Waals surface area contributed by atoms with Crippen molar-refractivity contribution < 1.29 is 8.42 Å². The number of nitrogens with one attached hydrogen (secondary N) is 1. The van der Waals surface area contributed by atoms with E-state index in [0.717, 1.165) is 9.88 Å². The number of hydrogen-bond donors (Lipinski definition) is 1. The maximum Gasteiger partial charge on any atom is 0.244 e. The van der Waals surface area contributed by atoms with Gasteiger partial charge in [-0.2, -0.15) is 9.82 Å². The zero-order chi connectivity index (χ0) is 14.3. The summed E-state index contributed by atoms with van der Waals surface area (Å²) in [7, 11) is -1.93. The monoisotopic (exact) mass is 300 g/mol. The summed E-state index contributed by atoms with van der Waals surface area (Å²) in [6, 6.07) is 0. The van der Waals surface area contributed by atoms with E-state index < -0.39 is 15.6 Å². The Labute approximate surface area is 116 Å². The predicted octanol–water partition coefficient (Wildman–Crippen LogP) is 1.40. The smallest absolute Gasteiger partial charge is 0.244 e. The second-order valence-electron chi connectivity index (χ2n) is 4.86. The van der Waals surface area contributed by atoms with E-state index >= 15 is 0 Å². The molecule has 0 amide bonds. The minimum atomic E-state index is -3.60. The zero-order valence-electron chi connectivity index (χ0n) is 11.2. The van der Waals surface area contributed by atoms with Crippen LogP contribution in [0.5, 0.6) is 0 Å². The van der Waals surface area contributed by atoms with Crippen molar-refractivity contribution in [3.8, 4) is 0 Å². The van der Waals surface area contributed by atoms with Gasteiger partial charge in [-0.3, -0.25) is 4.68 Å². The van der Waals surface area contributed by atoms with Gasteiger partial charge in [0.15, 0.2) is 0 Å². The largest absolute Gasteiger partial charge is 0.274 e. The molecule has 0 atom stereocenters. The third-order valence-corrected chi connectivity index (χ3v) is 5.38. The predicted molar refractivity (Wildman–Crippen MR) is 73.4 cm³/mol. The third kappa shape index (κ3) is 3.02. The fraction of sp³-hybridized carbons (Fsp3) is 0.455. The highest BCUT2D eigenvalue weighted by Crippen LogP contribution is 2.26. The van der Waals surface area contributed by atoms with E-state index in [4.69, 9.17) is 0 Å². The SMILES string of the molecule is Cc1cnc(C(C)(C)NS(=O)(=O)c2cnn(C)c2)s1. The third-order valence-electron chi connectivity index (χ3n) is 2.54. The molecule has 104 valence electrons. The summed E-state index contributed by atoms with van der Waals surface area (Å²) in [6.45, 7) is 5.52. The molecule has 6 nitrogen and oxygen atoms in total. The van der Waals surface area contributed by atoms with Crippen LogP contribution in [0.1, 0.15) is 23.7 Å². The first-order chi connectivity index (χ1) is 8.71. The van der Waals surface area contributed by atoms with Crippen LogP contribution in [0.2, 0.25) is 0 Å². The van der Waals surface area contributed by atoms with Crippen LogP contribution < -0.4 is 4.72 Å². The van der Waals surface area contributed by atoms with Crippen LogP contribution in [0.25, 0.3) is 0 Å². The lowest BCUT2D eigenvalue weighted by atomic mass is 10.1. The first kappa shape index (κ1) is 14.2. The second kappa shape index (κ2) is 4.69. The Bertz CT molecular complexity index is 685. The molecule has 0 bridgehead atoms. The first-order valence-electron chi connectivity index (χ1n) is 5.66. The summed E-state index contributed by atoms with van der Waals surface area (Å²) < 4.78 is 28.6. The Balaban J connectivity index is 2.29. The summed E-state index contributed by atoms with van der Waals surface area (Å²) in [5.41, 5.74) is -0.756. The van der Waals surface area contributed by atoms with Crippen molar-refractivity contribution in [1.82, 2.24) is 19.5 Å². The average Bonchev–Trinajstić information content (AvgIpc) is 2.86. The Morgan fingerprint density at radius 2 is 2.05 bits per heavy atom. The van der Waals surface area contributed by atoms with Crippen molar-refractivity contribution >= 4 is 21.4 Å². The highest BCUT2D eigenvalue weighted by molar-refractivity contribution is 7.89. The van der Waals surface area contributed by atoms with E-state index in [1.165, 1.54) is 28.4 Å². The van der Waals surface area contributed by atoms with Crippen LogP contribution in [0.3, 0.4) is 0 Å². The Morgan fingerprint density at radius 1 is 1.37 bits per heavy atom. The van der Waals surface area contributed by atoms with Crippen molar-refractivity contribution in [2.45, 2.75) is 31.2 Å². The van der Waals surface area contributed by atoms with Crippen molar-refractivity contribution in [1.29, 1.82) is 0 Å². The summed E-state index contributed by atoms with van der Waals surface area (Å²) in [4.78, 5) is 5.44. The molecule has 2 heterocycles. The molecule has 0 aromatic carbocycles. The van der Waals surface area contributed by atoms with Crippen LogP contribution in [-0.2, 0) is 22.6 Å². The molecule has 0 fully saturated rings. The molecule has 8 heteroatoms. The minimum Gasteiger partial charge on any atom is -0.274 e. The molecule has 2 rings (SSSR count). The topological polar surface area (TPSA) is 76.9 Å². The molecule has 0 aliphatic heterocycles. The quantitative estimate of drug-likeness (QED) is 0.926. The molecule has 0 saturated heterocycles. The van der Waals surface area contributed by atoms with E-state index in [-0.39, 0.29) is 4.90 Å². The molecule has 2 aromatic rings. The highest BCUT2D eigenvalue weighted by Gasteiger charge is 2.31. The molecule has 2 aromatic heterocycles. The van der Waals surface area contributed by atoms with Gasteiger partial charge in [-0.05, 0) is 20.8 Å². The number of aromatic nitrogens is 3. The van der Waals surface area contributed by atoms with Gasteiger partial charge in [0, 0.05) is 24.3 Å². The van der Waals surface area contributed by atoms with Gasteiger partial charge in [-0.15, -0.1) is 11.3 Å². The van der Waals surface area contributed by atoms with E-state index in [9.17, 15) is 8.42 Å². The van der Waals surface area contributed by atoms with Gasteiger partial charge in [0.05, 0.1) is 11.7 Å². The Kier molecular flexibility index (Phi) is 3.50. The van der Waals surface area contributed by atoms with Crippen LogP contribution in [0.15, 0.2) is 23.5 Å². The maximum absolute atomic E-state index is 12.3. The average molecular weight is 300 g/mol. The van der Waals surface area contributed by atoms with Gasteiger partial charge in [0.2, 0.25) is 10.0 Å². The maximum atomic E-state index is 12.3. The van der Waals surface area contributed by atoms with Crippen molar-refractivity contribution in [2.75, 3.05) is 0 Å². The van der Waals surface area contributed by atoms with Gasteiger partial charge in [0.1, 0.15) is 9.90 Å². The molecule has 0 aliphatic carbocycles. The summed E-state index contributed by atoms with van der Waals surface area (Å²) in [6.07, 6.45) is 4.52. The molecular formula is C11H16N4O2S2. The van der Waals surface area contributed by atoms with Gasteiger partial charge >= 0.3 is 0 Å². The van der Waals surface area contributed by atoms with E-state index in [2.05, 4.69) is 14.8 Å². The number of nitrogens with zero attached hydrogens (tertiary/aromatic N) is 3. The fourth-order valence-electron chi connectivity index (χ4n) is 1.62. The molecular weight excluding hydrogens is 284 g/mol. The molecule has 19 heavy (non-hydrogen) atoms. The lowest BCUT2D eigenvalue weighted by molar-refractivity contribution is 0.470. The Morgan fingerprint density at radius 3 is 2.53 bits per heavy atom. The van der Waals surface area contributed by atoms with Crippen LogP contribution in [0.4, 0.5) is 0 Å². The normalized spacial score (nSPS) is 12.8. The number of hydrogen-bond acceptors (Lipinski definition) is 5. The van der Waals surface area contributed by atoms with E-state index in [0.29, 0.717) is 0 Å². The molecule has 0 unspecified atom stereocenters. The summed E-state index contributed by atoms with van der Waals surface area (Å²) in [5.74, 6) is 0. The highest BCUT2D eigenvalue weighted by atomic mass is 32.2. The zero-order valence-corrected chi connectivity index (χ0v) is 12.8. The van der Waals surface area contributed by atoms with Crippen molar-refractivity contribution in [3.63, 3.8) is 0 Å². The number of rotatable bonds is 4.